The van der Waals surface area contributed by atoms with Crippen LogP contribution in [0.25, 0.3) is 0 Å². The molecule has 0 aliphatic rings. The second-order valence-corrected chi connectivity index (χ2v) is 4.92. The van der Waals surface area contributed by atoms with Crippen LogP contribution < -0.4 is 4.72 Å². The first-order chi connectivity index (χ1) is 7.42. The van der Waals surface area contributed by atoms with Crippen LogP contribution in [0.4, 0.5) is 0 Å². The standard InChI is InChI=1S/C9H12N2O4S/c1-15-6-8-4-3-7(5-10-8)9(12)11-16(2,13)14/h3-5H,6H2,1-2H3,(H,11,12). The average molecular weight is 244 g/mol. The van der Waals surface area contributed by atoms with Crippen molar-refractivity contribution >= 4 is 15.9 Å². The minimum Gasteiger partial charge on any atom is -0.378 e. The number of nitrogens with zero attached hydrogens (tertiary/aromatic N) is 1. The van der Waals surface area contributed by atoms with E-state index in [-0.39, 0.29) is 5.56 Å². The molecular formula is C9H12N2O4S. The Kier molecular flexibility index (Phi) is 3.97. The highest BCUT2D eigenvalue weighted by Gasteiger charge is 2.11. The first kappa shape index (κ1) is 12.6. The largest absolute Gasteiger partial charge is 0.378 e. The van der Waals surface area contributed by atoms with Crippen LogP contribution in [0.1, 0.15) is 16.1 Å². The molecule has 88 valence electrons. The molecule has 0 aromatic carbocycles. The van der Waals surface area contributed by atoms with Gasteiger partial charge in [0.15, 0.2) is 0 Å². The molecule has 0 saturated heterocycles. The molecule has 1 amide bonds. The molecule has 0 radical (unpaired) electrons. The summed E-state index contributed by atoms with van der Waals surface area (Å²) in [6, 6.07) is 3.09. The Balaban J connectivity index is 2.78. The van der Waals surface area contributed by atoms with Crippen molar-refractivity contribution < 1.29 is 17.9 Å². The number of sulfonamides is 1. The van der Waals surface area contributed by atoms with Gasteiger partial charge in [-0.2, -0.15) is 0 Å². The number of hydrogen-bond donors (Lipinski definition) is 1. The molecule has 0 saturated carbocycles. The van der Waals surface area contributed by atoms with Crippen LogP contribution in [-0.2, 0) is 21.4 Å². The van der Waals surface area contributed by atoms with Crippen LogP contribution in [-0.4, -0.2) is 32.7 Å². The fraction of sp³-hybridized carbons (Fsp3) is 0.333. The summed E-state index contributed by atoms with van der Waals surface area (Å²) >= 11 is 0. The predicted molar refractivity (Wildman–Crippen MR) is 57.3 cm³/mol. The lowest BCUT2D eigenvalue weighted by Gasteiger charge is -2.03. The highest BCUT2D eigenvalue weighted by molar-refractivity contribution is 7.89. The molecule has 0 aliphatic carbocycles. The highest BCUT2D eigenvalue weighted by atomic mass is 32.2. The lowest BCUT2D eigenvalue weighted by molar-refractivity contribution is 0.0981. The Labute approximate surface area is 93.7 Å². The first-order valence-corrected chi connectivity index (χ1v) is 6.27. The number of amides is 1. The van der Waals surface area contributed by atoms with Crippen molar-refractivity contribution in [3.8, 4) is 0 Å². The molecule has 0 atom stereocenters. The van der Waals surface area contributed by atoms with Gasteiger partial charge in [-0.05, 0) is 12.1 Å². The van der Waals surface area contributed by atoms with Crippen LogP contribution in [0, 0.1) is 0 Å². The van der Waals surface area contributed by atoms with Crippen LogP contribution in [0.5, 0.6) is 0 Å². The molecule has 0 spiro atoms. The zero-order valence-corrected chi connectivity index (χ0v) is 9.74. The van der Waals surface area contributed by atoms with Crippen molar-refractivity contribution in [2.75, 3.05) is 13.4 Å². The van der Waals surface area contributed by atoms with Crippen LogP contribution in [0.3, 0.4) is 0 Å². The Hall–Kier alpha value is -1.47. The SMILES string of the molecule is COCc1ccc(C(=O)NS(C)(=O)=O)cn1. The maximum absolute atomic E-state index is 11.4. The molecule has 1 aromatic heterocycles. The Morgan fingerprint density at radius 3 is 2.62 bits per heavy atom. The predicted octanol–water partition coefficient (Wildman–Crippen LogP) is -0.0826. The Morgan fingerprint density at radius 1 is 1.50 bits per heavy atom. The van der Waals surface area contributed by atoms with Crippen molar-refractivity contribution in [3.05, 3.63) is 29.6 Å². The van der Waals surface area contributed by atoms with Gasteiger partial charge in [0.2, 0.25) is 10.0 Å². The van der Waals surface area contributed by atoms with Crippen molar-refractivity contribution in [1.82, 2.24) is 9.71 Å². The quantitative estimate of drug-likeness (QED) is 0.800. The van der Waals surface area contributed by atoms with E-state index in [4.69, 9.17) is 4.74 Å². The maximum Gasteiger partial charge on any atom is 0.266 e. The van der Waals surface area contributed by atoms with Crippen LogP contribution in [0.2, 0.25) is 0 Å². The lowest BCUT2D eigenvalue weighted by Crippen LogP contribution is -2.29. The van der Waals surface area contributed by atoms with Crippen LogP contribution >= 0.6 is 0 Å². The molecule has 1 aromatic rings. The molecule has 1 heterocycles. The smallest absolute Gasteiger partial charge is 0.266 e. The molecule has 16 heavy (non-hydrogen) atoms. The molecule has 0 aliphatic heterocycles. The molecule has 6 nitrogen and oxygen atoms in total. The van der Waals surface area contributed by atoms with Gasteiger partial charge in [-0.25, -0.2) is 13.1 Å². The zero-order valence-electron chi connectivity index (χ0n) is 8.93. The molecule has 0 fully saturated rings. The molecule has 0 bridgehead atoms. The average Bonchev–Trinajstić information content (AvgIpc) is 2.16. The number of carbonyl (C=O) groups excluding carboxylic acids is 1. The van der Waals surface area contributed by atoms with E-state index in [2.05, 4.69) is 4.98 Å². The van der Waals surface area contributed by atoms with Crippen molar-refractivity contribution in [2.24, 2.45) is 0 Å². The summed E-state index contributed by atoms with van der Waals surface area (Å²) in [6.07, 6.45) is 2.21. The number of nitrogens with one attached hydrogen (secondary N) is 1. The summed E-state index contributed by atoms with van der Waals surface area (Å²) < 4.78 is 28.3. The van der Waals surface area contributed by atoms with Gasteiger partial charge in [0.05, 0.1) is 24.1 Å². The number of pyridine rings is 1. The highest BCUT2D eigenvalue weighted by Crippen LogP contribution is 2.01. The summed E-state index contributed by atoms with van der Waals surface area (Å²) in [5, 5.41) is 0. The van der Waals surface area contributed by atoms with Gasteiger partial charge in [-0.3, -0.25) is 9.78 Å². The van der Waals surface area contributed by atoms with E-state index in [1.54, 1.807) is 6.07 Å². The Bertz CT molecular complexity index is 467. The summed E-state index contributed by atoms with van der Waals surface area (Å²) in [6.45, 7) is 0.341. The van der Waals surface area contributed by atoms with Crippen LogP contribution in [0.15, 0.2) is 18.3 Å². The maximum atomic E-state index is 11.4. The van der Waals surface area contributed by atoms with Crippen molar-refractivity contribution in [1.29, 1.82) is 0 Å². The van der Waals surface area contributed by atoms with Gasteiger partial charge >= 0.3 is 0 Å². The number of carbonyl (C=O) groups is 1. The van der Waals surface area contributed by atoms with Gasteiger partial charge in [0.25, 0.3) is 5.91 Å². The van der Waals surface area contributed by atoms with E-state index in [1.165, 1.54) is 19.4 Å². The van der Waals surface area contributed by atoms with E-state index in [9.17, 15) is 13.2 Å². The fourth-order valence-electron chi connectivity index (χ4n) is 1.02. The molecule has 7 heteroatoms. The second-order valence-electron chi connectivity index (χ2n) is 3.17. The van der Waals surface area contributed by atoms with Gasteiger partial charge in [-0.1, -0.05) is 0 Å². The molecule has 1 N–H and O–H groups in total. The van der Waals surface area contributed by atoms with Gasteiger partial charge in [0, 0.05) is 13.3 Å². The van der Waals surface area contributed by atoms with Gasteiger partial charge in [-0.15, -0.1) is 0 Å². The number of methoxy groups -OCH3 is 1. The van der Waals surface area contributed by atoms with E-state index in [0.717, 1.165) is 6.26 Å². The number of ether oxygens (including phenoxy) is 1. The summed E-state index contributed by atoms with van der Waals surface area (Å²) in [5.41, 5.74) is 0.851. The van der Waals surface area contributed by atoms with Gasteiger partial charge in [0.1, 0.15) is 0 Å². The van der Waals surface area contributed by atoms with E-state index in [0.29, 0.717) is 12.3 Å². The first-order valence-electron chi connectivity index (χ1n) is 4.38. The second kappa shape index (κ2) is 5.04. The molecular weight excluding hydrogens is 232 g/mol. The third-order valence-corrected chi connectivity index (χ3v) is 2.21. The lowest BCUT2D eigenvalue weighted by atomic mass is 10.2. The number of rotatable bonds is 4. The molecule has 0 unspecified atom stereocenters. The van der Waals surface area contributed by atoms with E-state index < -0.39 is 15.9 Å². The topological polar surface area (TPSA) is 85.4 Å². The summed E-state index contributed by atoms with van der Waals surface area (Å²) in [4.78, 5) is 15.3. The Morgan fingerprint density at radius 2 is 2.19 bits per heavy atom. The van der Waals surface area contributed by atoms with Crippen molar-refractivity contribution in [3.63, 3.8) is 0 Å². The normalized spacial score (nSPS) is 11.1. The fourth-order valence-corrected chi connectivity index (χ4v) is 1.47. The summed E-state index contributed by atoms with van der Waals surface area (Å²) in [7, 11) is -2.01. The van der Waals surface area contributed by atoms with Crippen molar-refractivity contribution in [2.45, 2.75) is 6.61 Å². The third-order valence-electron chi connectivity index (χ3n) is 1.66. The minimum atomic E-state index is -3.54. The van der Waals surface area contributed by atoms with E-state index in [1.807, 2.05) is 4.72 Å². The van der Waals surface area contributed by atoms with E-state index >= 15 is 0 Å². The summed E-state index contributed by atoms with van der Waals surface area (Å²) in [5.74, 6) is -0.695. The van der Waals surface area contributed by atoms with Gasteiger partial charge < -0.3 is 4.74 Å². The molecule has 1 rings (SSSR count). The number of aromatic nitrogens is 1. The zero-order chi connectivity index (χ0) is 12.2. The third kappa shape index (κ3) is 3.95. The number of hydrogen-bond acceptors (Lipinski definition) is 5. The monoisotopic (exact) mass is 244 g/mol. The minimum absolute atomic E-state index is 0.185.